The van der Waals surface area contributed by atoms with Gasteiger partial charge in [-0.05, 0) is 59.4 Å². The Morgan fingerprint density at radius 1 is 0.865 bits per heavy atom. The van der Waals surface area contributed by atoms with Crippen molar-refractivity contribution in [3.8, 4) is 16.9 Å². The largest absolute Gasteiger partial charge is 0.494 e. The number of benzene rings is 4. The van der Waals surface area contributed by atoms with E-state index < -0.39 is 11.8 Å². The molecule has 0 aliphatic heterocycles. The van der Waals surface area contributed by atoms with Crippen LogP contribution in [0.3, 0.4) is 0 Å². The summed E-state index contributed by atoms with van der Waals surface area (Å²) in [5.74, 6) is -1.75. The van der Waals surface area contributed by atoms with Gasteiger partial charge in [-0.1, -0.05) is 72.8 Å². The van der Waals surface area contributed by atoms with Crippen molar-refractivity contribution in [2.75, 3.05) is 13.7 Å². The first-order valence-corrected chi connectivity index (χ1v) is 12.0. The van der Waals surface area contributed by atoms with Crippen molar-refractivity contribution in [2.45, 2.75) is 19.4 Å². The molecule has 0 atom stereocenters. The summed E-state index contributed by atoms with van der Waals surface area (Å²) in [4.78, 5) is 26.7. The molecule has 6 heteroatoms. The molecule has 37 heavy (non-hydrogen) atoms. The Labute approximate surface area is 215 Å². The fourth-order valence-corrected chi connectivity index (χ4v) is 4.28. The molecule has 4 rings (SSSR count). The molecule has 0 saturated heterocycles. The molecule has 0 heterocycles. The number of methoxy groups -OCH3 is 1. The third kappa shape index (κ3) is 6.41. The van der Waals surface area contributed by atoms with Gasteiger partial charge in [-0.2, -0.15) is 0 Å². The number of carbonyl (C=O) groups is 2. The lowest BCUT2D eigenvalue weighted by Crippen LogP contribution is -2.32. The number of nitrogens with zero attached hydrogens (tertiary/aromatic N) is 1. The van der Waals surface area contributed by atoms with Crippen LogP contribution in [0.4, 0.5) is 4.39 Å². The topological polar surface area (TPSA) is 66.8 Å². The summed E-state index contributed by atoms with van der Waals surface area (Å²) in [5.41, 5.74) is 3.97. The molecule has 0 aromatic heterocycles. The molecule has 0 unspecified atom stereocenters. The summed E-state index contributed by atoms with van der Waals surface area (Å²) < 4.78 is 19.3. The van der Waals surface area contributed by atoms with Gasteiger partial charge in [0.05, 0.1) is 12.7 Å². The third-order valence-corrected chi connectivity index (χ3v) is 6.22. The van der Waals surface area contributed by atoms with Gasteiger partial charge in [-0.15, -0.1) is 0 Å². The fourth-order valence-electron chi connectivity index (χ4n) is 4.28. The minimum absolute atomic E-state index is 0.0874. The number of hydrogen-bond donors (Lipinski definition) is 1. The van der Waals surface area contributed by atoms with Crippen LogP contribution in [0.5, 0.6) is 5.75 Å². The molecule has 0 radical (unpaired) electrons. The van der Waals surface area contributed by atoms with Crippen molar-refractivity contribution < 1.29 is 23.8 Å². The third-order valence-electron chi connectivity index (χ3n) is 6.22. The number of carbonyl (C=O) groups excluding carboxylic acids is 1. The molecule has 0 spiro atoms. The maximum Gasteiger partial charge on any atom is 0.336 e. The smallest absolute Gasteiger partial charge is 0.336 e. The van der Waals surface area contributed by atoms with Crippen molar-refractivity contribution in [3.63, 3.8) is 0 Å². The molecule has 0 aliphatic carbocycles. The number of carboxylic acid groups (broad SMARTS) is 1. The van der Waals surface area contributed by atoms with E-state index in [0.29, 0.717) is 18.7 Å². The first kappa shape index (κ1) is 25.6. The van der Waals surface area contributed by atoms with E-state index in [2.05, 4.69) is 12.1 Å². The average Bonchev–Trinajstić information content (AvgIpc) is 2.93. The predicted octanol–water partition coefficient (Wildman–Crippen LogP) is 6.47. The number of hydrogen-bond acceptors (Lipinski definition) is 3. The van der Waals surface area contributed by atoms with Crippen LogP contribution >= 0.6 is 0 Å². The number of ether oxygens (including phenoxy) is 1. The van der Waals surface area contributed by atoms with E-state index in [4.69, 9.17) is 4.74 Å². The van der Waals surface area contributed by atoms with Gasteiger partial charge < -0.3 is 14.7 Å². The summed E-state index contributed by atoms with van der Waals surface area (Å²) in [6.45, 7) is 0.826. The van der Waals surface area contributed by atoms with Crippen LogP contribution in [0.15, 0.2) is 97.1 Å². The van der Waals surface area contributed by atoms with Gasteiger partial charge in [0.25, 0.3) is 5.91 Å². The normalized spacial score (nSPS) is 10.6. The number of aromatic carboxylic acids is 1. The quantitative estimate of drug-likeness (QED) is 0.273. The zero-order valence-corrected chi connectivity index (χ0v) is 20.6. The highest BCUT2D eigenvalue weighted by atomic mass is 19.1. The summed E-state index contributed by atoms with van der Waals surface area (Å²) >= 11 is 0. The lowest BCUT2D eigenvalue weighted by molar-refractivity contribution is 0.0696. The average molecular weight is 498 g/mol. The summed E-state index contributed by atoms with van der Waals surface area (Å²) in [5, 5.41) is 9.51. The Morgan fingerprint density at radius 2 is 1.57 bits per heavy atom. The fraction of sp³-hybridized carbons (Fsp3) is 0.161. The van der Waals surface area contributed by atoms with Crippen LogP contribution in [-0.2, 0) is 13.0 Å². The maximum atomic E-state index is 14.3. The van der Waals surface area contributed by atoms with Crippen LogP contribution in [0.1, 0.15) is 38.3 Å². The van der Waals surface area contributed by atoms with Crippen molar-refractivity contribution >= 4 is 11.9 Å². The van der Waals surface area contributed by atoms with E-state index >= 15 is 0 Å². The van der Waals surface area contributed by atoms with E-state index in [-0.39, 0.29) is 22.8 Å². The zero-order chi connectivity index (χ0) is 26.2. The minimum Gasteiger partial charge on any atom is -0.494 e. The Bertz CT molecular complexity index is 1370. The summed E-state index contributed by atoms with van der Waals surface area (Å²) in [6.07, 6.45) is 1.56. The van der Waals surface area contributed by atoms with Crippen LogP contribution in [-0.4, -0.2) is 35.5 Å². The molecule has 0 bridgehead atoms. The monoisotopic (exact) mass is 497 g/mol. The van der Waals surface area contributed by atoms with Gasteiger partial charge in [-0.3, -0.25) is 4.79 Å². The summed E-state index contributed by atoms with van der Waals surface area (Å²) in [7, 11) is 1.38. The number of aryl methyl sites for hydroxylation is 1. The first-order chi connectivity index (χ1) is 18.0. The number of rotatable bonds is 10. The number of halogens is 1. The Balaban J connectivity index is 1.55. The second-order valence-corrected chi connectivity index (χ2v) is 8.71. The second kappa shape index (κ2) is 12.0. The molecule has 0 saturated carbocycles. The Morgan fingerprint density at radius 3 is 2.24 bits per heavy atom. The van der Waals surface area contributed by atoms with E-state index in [0.717, 1.165) is 24.0 Å². The molecule has 4 aromatic rings. The first-order valence-electron chi connectivity index (χ1n) is 12.0. The second-order valence-electron chi connectivity index (χ2n) is 8.71. The molecular formula is C31H28FNO4. The van der Waals surface area contributed by atoms with Crippen LogP contribution in [0.25, 0.3) is 11.1 Å². The molecular weight excluding hydrogens is 469 g/mol. The van der Waals surface area contributed by atoms with E-state index in [9.17, 15) is 19.1 Å². The predicted molar refractivity (Wildman–Crippen MR) is 141 cm³/mol. The molecule has 1 amide bonds. The van der Waals surface area contributed by atoms with Crippen molar-refractivity contribution in [1.82, 2.24) is 4.90 Å². The number of carboxylic acids is 1. The molecule has 0 aliphatic rings. The highest BCUT2D eigenvalue weighted by molar-refractivity contribution is 5.96. The highest BCUT2D eigenvalue weighted by Gasteiger charge is 2.18. The standard InChI is InChI=1S/C31H28FNO4/c1-37-29-18-17-25(20-28(29)32)30(34)33(19-7-10-22-8-3-2-4-9-22)21-23-13-15-24(16-14-23)26-11-5-6-12-27(26)31(35)36/h2-6,8-9,11-18,20H,7,10,19,21H2,1H3,(H,35,36). The molecule has 0 fully saturated rings. The van der Waals surface area contributed by atoms with E-state index in [1.807, 2.05) is 42.5 Å². The minimum atomic E-state index is -0.985. The van der Waals surface area contributed by atoms with Gasteiger partial charge in [-0.25, -0.2) is 9.18 Å². The van der Waals surface area contributed by atoms with Gasteiger partial charge >= 0.3 is 5.97 Å². The van der Waals surface area contributed by atoms with Gasteiger partial charge in [0, 0.05) is 18.7 Å². The van der Waals surface area contributed by atoms with Crippen LogP contribution in [0, 0.1) is 5.82 Å². The van der Waals surface area contributed by atoms with Crippen molar-refractivity contribution in [3.05, 3.63) is 125 Å². The molecule has 1 N–H and O–H groups in total. The van der Waals surface area contributed by atoms with Crippen molar-refractivity contribution in [2.24, 2.45) is 0 Å². The maximum absolute atomic E-state index is 14.3. The Kier molecular flexibility index (Phi) is 8.31. The Hall–Kier alpha value is -4.45. The number of amides is 1. The van der Waals surface area contributed by atoms with Gasteiger partial charge in [0.2, 0.25) is 0 Å². The van der Waals surface area contributed by atoms with E-state index in [1.54, 1.807) is 35.2 Å². The van der Waals surface area contributed by atoms with Gasteiger partial charge in [0.1, 0.15) is 0 Å². The lowest BCUT2D eigenvalue weighted by Gasteiger charge is -2.23. The van der Waals surface area contributed by atoms with Crippen LogP contribution < -0.4 is 4.74 Å². The molecule has 5 nitrogen and oxygen atoms in total. The summed E-state index contributed by atoms with van der Waals surface area (Å²) in [6, 6.07) is 28.6. The molecule has 4 aromatic carbocycles. The highest BCUT2D eigenvalue weighted by Crippen LogP contribution is 2.25. The lowest BCUT2D eigenvalue weighted by atomic mass is 9.98. The molecule has 188 valence electrons. The van der Waals surface area contributed by atoms with E-state index in [1.165, 1.54) is 24.8 Å². The zero-order valence-electron chi connectivity index (χ0n) is 20.6. The van der Waals surface area contributed by atoms with Crippen molar-refractivity contribution in [1.29, 1.82) is 0 Å². The van der Waals surface area contributed by atoms with Crippen LogP contribution in [0.2, 0.25) is 0 Å². The van der Waals surface area contributed by atoms with Gasteiger partial charge in [0.15, 0.2) is 11.6 Å². The SMILES string of the molecule is COc1ccc(C(=O)N(CCCc2ccccc2)Cc2ccc(-c3ccccc3C(=O)O)cc2)cc1F.